The number of aryl methyl sites for hydroxylation is 1. The van der Waals surface area contributed by atoms with Crippen molar-refractivity contribution >= 4 is 39.1 Å². The Balaban J connectivity index is 2.60. The Labute approximate surface area is 117 Å². The summed E-state index contributed by atoms with van der Waals surface area (Å²) in [5.41, 5.74) is 2.42. The molecule has 1 aromatic heterocycles. The third-order valence-corrected chi connectivity index (χ3v) is 3.95. The number of nitrogens with zero attached hydrogens (tertiary/aromatic N) is 1. The zero-order valence-corrected chi connectivity index (χ0v) is 12.2. The summed E-state index contributed by atoms with van der Waals surface area (Å²) in [4.78, 5) is 0. The van der Waals surface area contributed by atoms with Gasteiger partial charge in [0.1, 0.15) is 11.4 Å². The molecule has 2 rings (SSSR count). The number of methoxy groups -OCH3 is 1. The second kappa shape index (κ2) is 4.88. The van der Waals surface area contributed by atoms with Gasteiger partial charge in [0.25, 0.3) is 0 Å². The molecular weight excluding hydrogens is 327 g/mol. The Bertz CT molecular complexity index is 569. The molecule has 0 aliphatic rings. The van der Waals surface area contributed by atoms with Crippen LogP contribution in [0.25, 0.3) is 11.3 Å². The summed E-state index contributed by atoms with van der Waals surface area (Å²) in [5, 5.41) is 8.11. The molecule has 1 aromatic carbocycles. The number of H-pyrrole nitrogens is 1. The smallest absolute Gasteiger partial charge is 0.138 e. The molecule has 1 N–H and O–H groups in total. The van der Waals surface area contributed by atoms with E-state index in [2.05, 4.69) is 26.1 Å². The third-order valence-electron chi connectivity index (χ3n) is 2.37. The van der Waals surface area contributed by atoms with E-state index in [9.17, 15) is 0 Å². The molecule has 0 radical (unpaired) electrons. The zero-order valence-electron chi connectivity index (χ0n) is 9.14. The predicted octanol–water partition coefficient (Wildman–Crippen LogP) is 4.46. The molecular formula is C11H9BrCl2N2O. The molecule has 17 heavy (non-hydrogen) atoms. The SMILES string of the molecule is COc1cc(Cl)c(-c2n[nH]c(C)c2Br)cc1Cl. The first-order valence-corrected chi connectivity index (χ1v) is 6.33. The predicted molar refractivity (Wildman–Crippen MR) is 73.0 cm³/mol. The fraction of sp³-hybridized carbons (Fsp3) is 0.182. The van der Waals surface area contributed by atoms with Crippen molar-refractivity contribution in [2.75, 3.05) is 7.11 Å². The quantitative estimate of drug-likeness (QED) is 0.879. The van der Waals surface area contributed by atoms with Crippen LogP contribution in [0.1, 0.15) is 5.69 Å². The molecule has 0 saturated heterocycles. The van der Waals surface area contributed by atoms with Crippen LogP contribution in [0.15, 0.2) is 16.6 Å². The number of ether oxygens (including phenoxy) is 1. The molecule has 0 aliphatic carbocycles. The molecule has 0 saturated carbocycles. The summed E-state index contributed by atoms with van der Waals surface area (Å²) in [6, 6.07) is 3.42. The highest BCUT2D eigenvalue weighted by Crippen LogP contribution is 2.38. The van der Waals surface area contributed by atoms with Gasteiger partial charge in [-0.2, -0.15) is 5.10 Å². The van der Waals surface area contributed by atoms with Gasteiger partial charge in [0.15, 0.2) is 0 Å². The summed E-state index contributed by atoms with van der Waals surface area (Å²) < 4.78 is 5.97. The minimum atomic E-state index is 0.499. The fourth-order valence-electron chi connectivity index (χ4n) is 1.46. The first-order chi connectivity index (χ1) is 8.04. The Morgan fingerprint density at radius 3 is 2.53 bits per heavy atom. The minimum absolute atomic E-state index is 0.499. The van der Waals surface area contributed by atoms with Crippen molar-refractivity contribution < 1.29 is 4.74 Å². The molecule has 0 amide bonds. The summed E-state index contributed by atoms with van der Waals surface area (Å²) in [6.07, 6.45) is 0. The fourth-order valence-corrected chi connectivity index (χ4v) is 2.34. The Hall–Kier alpha value is -0.710. The molecule has 2 aromatic rings. The van der Waals surface area contributed by atoms with Crippen molar-refractivity contribution in [1.82, 2.24) is 10.2 Å². The van der Waals surface area contributed by atoms with Crippen LogP contribution in [0.3, 0.4) is 0 Å². The van der Waals surface area contributed by atoms with Gasteiger partial charge in [0.05, 0.1) is 21.6 Å². The van der Waals surface area contributed by atoms with Crippen LogP contribution in [-0.4, -0.2) is 17.3 Å². The Kier molecular flexibility index (Phi) is 3.66. The lowest BCUT2D eigenvalue weighted by Gasteiger charge is -2.07. The van der Waals surface area contributed by atoms with Crippen LogP contribution in [0.4, 0.5) is 0 Å². The van der Waals surface area contributed by atoms with Crippen molar-refractivity contribution in [2.24, 2.45) is 0 Å². The number of halogens is 3. The highest BCUT2D eigenvalue weighted by Gasteiger charge is 2.15. The van der Waals surface area contributed by atoms with Gasteiger partial charge in [-0.15, -0.1) is 0 Å². The largest absolute Gasteiger partial charge is 0.495 e. The van der Waals surface area contributed by atoms with Gasteiger partial charge in [-0.05, 0) is 28.9 Å². The first-order valence-electron chi connectivity index (χ1n) is 4.78. The van der Waals surface area contributed by atoms with Crippen LogP contribution in [0, 0.1) is 6.92 Å². The van der Waals surface area contributed by atoms with Crippen molar-refractivity contribution in [1.29, 1.82) is 0 Å². The van der Waals surface area contributed by atoms with Gasteiger partial charge in [0.2, 0.25) is 0 Å². The van der Waals surface area contributed by atoms with Gasteiger partial charge in [-0.25, -0.2) is 0 Å². The molecule has 0 fully saturated rings. The van der Waals surface area contributed by atoms with Crippen LogP contribution in [0.2, 0.25) is 10.0 Å². The molecule has 1 heterocycles. The molecule has 0 unspecified atom stereocenters. The maximum atomic E-state index is 6.18. The number of rotatable bonds is 2. The van der Waals surface area contributed by atoms with Crippen molar-refractivity contribution in [3.8, 4) is 17.0 Å². The van der Waals surface area contributed by atoms with Gasteiger partial charge in [0, 0.05) is 17.3 Å². The Morgan fingerprint density at radius 1 is 1.29 bits per heavy atom. The number of hydrogen-bond acceptors (Lipinski definition) is 2. The lowest BCUT2D eigenvalue weighted by Crippen LogP contribution is -1.87. The maximum Gasteiger partial charge on any atom is 0.138 e. The average molecular weight is 336 g/mol. The molecule has 90 valence electrons. The van der Waals surface area contributed by atoms with Crippen molar-refractivity contribution in [2.45, 2.75) is 6.92 Å². The zero-order chi connectivity index (χ0) is 12.6. The van der Waals surface area contributed by atoms with Gasteiger partial charge in [-0.3, -0.25) is 5.10 Å². The number of nitrogens with one attached hydrogen (secondary N) is 1. The van der Waals surface area contributed by atoms with Crippen LogP contribution < -0.4 is 4.74 Å². The maximum absolute atomic E-state index is 6.18. The first kappa shape index (κ1) is 12.7. The summed E-state index contributed by atoms with van der Waals surface area (Å²) >= 11 is 15.7. The topological polar surface area (TPSA) is 37.9 Å². The standard InChI is InChI=1S/C11H9BrCl2N2O/c1-5-10(12)11(16-15-5)6-3-8(14)9(17-2)4-7(6)13/h3-4H,1-2H3,(H,15,16). The van der Waals surface area contributed by atoms with E-state index in [0.29, 0.717) is 15.8 Å². The summed E-state index contributed by atoms with van der Waals surface area (Å²) in [6.45, 7) is 1.92. The van der Waals surface area contributed by atoms with E-state index in [4.69, 9.17) is 27.9 Å². The third kappa shape index (κ3) is 2.30. The molecule has 6 heteroatoms. The van der Waals surface area contributed by atoms with Crippen molar-refractivity contribution in [3.63, 3.8) is 0 Å². The molecule has 0 atom stereocenters. The highest BCUT2D eigenvalue weighted by molar-refractivity contribution is 9.10. The number of hydrogen-bond donors (Lipinski definition) is 1. The van der Waals surface area contributed by atoms with Crippen LogP contribution in [0.5, 0.6) is 5.75 Å². The van der Waals surface area contributed by atoms with E-state index in [-0.39, 0.29) is 0 Å². The van der Waals surface area contributed by atoms with E-state index < -0.39 is 0 Å². The second-order valence-electron chi connectivity index (χ2n) is 3.48. The minimum Gasteiger partial charge on any atom is -0.495 e. The number of aromatic amines is 1. The van der Waals surface area contributed by atoms with Gasteiger partial charge in [-0.1, -0.05) is 23.2 Å². The second-order valence-corrected chi connectivity index (χ2v) is 5.09. The lowest BCUT2D eigenvalue weighted by atomic mass is 10.1. The molecule has 0 bridgehead atoms. The Morgan fingerprint density at radius 2 is 2.00 bits per heavy atom. The average Bonchev–Trinajstić information content (AvgIpc) is 2.63. The van der Waals surface area contributed by atoms with E-state index in [1.54, 1.807) is 19.2 Å². The number of benzene rings is 1. The monoisotopic (exact) mass is 334 g/mol. The highest BCUT2D eigenvalue weighted by atomic mass is 79.9. The molecule has 3 nitrogen and oxygen atoms in total. The summed E-state index contributed by atoms with van der Waals surface area (Å²) in [7, 11) is 1.55. The van der Waals surface area contributed by atoms with E-state index in [0.717, 1.165) is 21.4 Å². The van der Waals surface area contributed by atoms with Crippen LogP contribution in [-0.2, 0) is 0 Å². The number of aromatic nitrogens is 2. The summed E-state index contributed by atoms with van der Waals surface area (Å²) in [5.74, 6) is 0.545. The van der Waals surface area contributed by atoms with Crippen LogP contribution >= 0.6 is 39.1 Å². The van der Waals surface area contributed by atoms with E-state index in [1.165, 1.54) is 0 Å². The van der Waals surface area contributed by atoms with Crippen molar-refractivity contribution in [3.05, 3.63) is 32.3 Å². The van der Waals surface area contributed by atoms with E-state index >= 15 is 0 Å². The molecule has 0 spiro atoms. The molecule has 0 aliphatic heterocycles. The van der Waals surface area contributed by atoms with Gasteiger partial charge >= 0.3 is 0 Å². The van der Waals surface area contributed by atoms with E-state index in [1.807, 2.05) is 6.92 Å². The normalized spacial score (nSPS) is 10.6. The lowest BCUT2D eigenvalue weighted by molar-refractivity contribution is 0.415. The van der Waals surface area contributed by atoms with Gasteiger partial charge < -0.3 is 4.74 Å².